The molecule has 1 aromatic heterocycles. The van der Waals surface area contributed by atoms with Gasteiger partial charge in [0.15, 0.2) is 0 Å². The number of aliphatic hydroxyl groups is 1. The third kappa shape index (κ3) is 4.77. The van der Waals surface area contributed by atoms with Gasteiger partial charge in [0.05, 0.1) is 12.2 Å². The topological polar surface area (TPSA) is 48.4 Å². The number of pyridine rings is 1. The third-order valence-corrected chi connectivity index (χ3v) is 4.97. The average molecular weight is 343 g/mol. The van der Waals surface area contributed by atoms with E-state index in [-0.39, 0.29) is 11.9 Å². The Balaban J connectivity index is 1.66. The van der Waals surface area contributed by atoms with Crippen LogP contribution >= 0.6 is 0 Å². The number of nitrogens with one attached hydrogen (secondary N) is 1. The molecule has 2 N–H and O–H groups in total. The minimum Gasteiger partial charge on any atom is -0.396 e. The maximum Gasteiger partial charge on any atom is 0.141 e. The Hall–Kier alpha value is -1.98. The van der Waals surface area contributed by atoms with E-state index in [1.54, 1.807) is 6.20 Å². The highest BCUT2D eigenvalue weighted by Crippen LogP contribution is 2.25. The molecule has 2 heterocycles. The Morgan fingerprint density at radius 2 is 2.04 bits per heavy atom. The van der Waals surface area contributed by atoms with Crippen LogP contribution in [0, 0.1) is 11.7 Å². The lowest BCUT2D eigenvalue weighted by molar-refractivity contribution is 0.127. The summed E-state index contributed by atoms with van der Waals surface area (Å²) in [5.41, 5.74) is 3.14. The number of aliphatic hydroxyl groups excluding tert-OH is 1. The molecular formula is C20H26FN3O. The molecule has 0 amide bonds. The molecule has 1 unspecified atom stereocenters. The zero-order valence-electron chi connectivity index (χ0n) is 14.7. The first-order chi connectivity index (χ1) is 12.2. The Morgan fingerprint density at radius 1 is 1.28 bits per heavy atom. The van der Waals surface area contributed by atoms with Crippen LogP contribution in [0.2, 0.25) is 0 Å². The molecule has 1 saturated heterocycles. The van der Waals surface area contributed by atoms with Gasteiger partial charge < -0.3 is 10.4 Å². The number of para-hydroxylation sites is 1. The molecule has 0 bridgehead atoms. The largest absolute Gasteiger partial charge is 0.396 e. The third-order valence-electron chi connectivity index (χ3n) is 4.97. The first kappa shape index (κ1) is 17.8. The summed E-state index contributed by atoms with van der Waals surface area (Å²) in [5, 5.41) is 12.8. The molecule has 1 atom stereocenters. The summed E-state index contributed by atoms with van der Waals surface area (Å²) in [7, 11) is 0. The Bertz CT molecular complexity index is 686. The van der Waals surface area contributed by atoms with Gasteiger partial charge in [-0.3, -0.25) is 9.88 Å². The van der Waals surface area contributed by atoms with Crippen LogP contribution in [0.5, 0.6) is 0 Å². The number of likely N-dealkylation sites (tertiary alicyclic amines) is 1. The number of hydrogen-bond donors (Lipinski definition) is 2. The molecule has 1 aromatic carbocycles. The molecule has 134 valence electrons. The van der Waals surface area contributed by atoms with E-state index in [2.05, 4.69) is 33.4 Å². The van der Waals surface area contributed by atoms with E-state index >= 15 is 0 Å². The van der Waals surface area contributed by atoms with Gasteiger partial charge in [-0.05, 0) is 62.0 Å². The molecule has 0 aliphatic carbocycles. The molecule has 1 aliphatic heterocycles. The van der Waals surface area contributed by atoms with Crippen LogP contribution in [0.15, 0.2) is 42.7 Å². The molecule has 5 heteroatoms. The van der Waals surface area contributed by atoms with Crippen LogP contribution in [0.3, 0.4) is 0 Å². The summed E-state index contributed by atoms with van der Waals surface area (Å²) in [4.78, 5) is 6.37. The minimum absolute atomic E-state index is 0.0236. The van der Waals surface area contributed by atoms with E-state index in [9.17, 15) is 9.50 Å². The smallest absolute Gasteiger partial charge is 0.141 e. The fraction of sp³-hybridized carbons (Fsp3) is 0.450. The van der Waals surface area contributed by atoms with E-state index in [0.29, 0.717) is 12.5 Å². The number of nitrogens with zero attached hydrogens (tertiary/aromatic N) is 2. The summed E-state index contributed by atoms with van der Waals surface area (Å²) >= 11 is 0. The minimum atomic E-state index is -0.314. The van der Waals surface area contributed by atoms with Crippen molar-refractivity contribution in [3.63, 3.8) is 0 Å². The van der Waals surface area contributed by atoms with E-state index in [4.69, 9.17) is 0 Å². The standard InChI is InChI=1S/C20H26FN3O/c1-15(18-10-19(21)12-22-11-18)23-20-5-3-2-4-17(20)13-24-8-6-16(14-25)7-9-24/h2-5,10-12,15-16,23,25H,6-9,13-14H2,1H3. The molecular weight excluding hydrogens is 317 g/mol. The van der Waals surface area contributed by atoms with Crippen molar-refractivity contribution >= 4 is 5.69 Å². The van der Waals surface area contributed by atoms with E-state index in [1.807, 2.05) is 13.0 Å². The van der Waals surface area contributed by atoms with E-state index in [1.165, 1.54) is 17.8 Å². The van der Waals surface area contributed by atoms with Crippen LogP contribution in [-0.4, -0.2) is 34.7 Å². The van der Waals surface area contributed by atoms with Crippen molar-refractivity contribution in [1.82, 2.24) is 9.88 Å². The quantitative estimate of drug-likeness (QED) is 0.841. The van der Waals surface area contributed by atoms with Gasteiger partial charge in [-0.1, -0.05) is 18.2 Å². The fourth-order valence-electron chi connectivity index (χ4n) is 3.35. The lowest BCUT2D eigenvalue weighted by Gasteiger charge is -2.31. The van der Waals surface area contributed by atoms with Gasteiger partial charge in [0.1, 0.15) is 5.82 Å². The number of aromatic nitrogens is 1. The predicted molar refractivity (Wildman–Crippen MR) is 97.8 cm³/mol. The molecule has 1 aliphatic rings. The molecule has 0 saturated carbocycles. The number of anilines is 1. The van der Waals surface area contributed by atoms with Crippen molar-refractivity contribution in [2.75, 3.05) is 25.0 Å². The van der Waals surface area contributed by atoms with Gasteiger partial charge in [-0.15, -0.1) is 0 Å². The van der Waals surface area contributed by atoms with Crippen molar-refractivity contribution in [2.24, 2.45) is 5.92 Å². The second-order valence-corrected chi connectivity index (χ2v) is 6.86. The van der Waals surface area contributed by atoms with Crippen LogP contribution in [0.4, 0.5) is 10.1 Å². The molecule has 2 aromatic rings. The average Bonchev–Trinajstić information content (AvgIpc) is 2.64. The molecule has 1 fully saturated rings. The number of halogens is 1. The number of rotatable bonds is 6. The second-order valence-electron chi connectivity index (χ2n) is 6.86. The molecule has 0 radical (unpaired) electrons. The maximum atomic E-state index is 13.4. The summed E-state index contributed by atoms with van der Waals surface area (Å²) in [5.74, 6) is 0.135. The normalized spacial score (nSPS) is 17.4. The first-order valence-corrected chi connectivity index (χ1v) is 8.94. The van der Waals surface area contributed by atoms with Crippen LogP contribution < -0.4 is 5.32 Å². The van der Waals surface area contributed by atoms with Crippen LogP contribution in [0.25, 0.3) is 0 Å². The van der Waals surface area contributed by atoms with Gasteiger partial charge in [0.2, 0.25) is 0 Å². The molecule has 0 spiro atoms. The summed E-state index contributed by atoms with van der Waals surface area (Å²) in [6.45, 7) is 5.23. The predicted octanol–water partition coefficient (Wildman–Crippen LogP) is 3.60. The highest BCUT2D eigenvalue weighted by molar-refractivity contribution is 5.52. The monoisotopic (exact) mass is 343 g/mol. The lowest BCUT2D eigenvalue weighted by Crippen LogP contribution is -2.34. The lowest BCUT2D eigenvalue weighted by atomic mass is 9.97. The van der Waals surface area contributed by atoms with Crippen LogP contribution in [-0.2, 0) is 6.54 Å². The highest BCUT2D eigenvalue weighted by atomic mass is 19.1. The maximum absolute atomic E-state index is 13.4. The molecule has 25 heavy (non-hydrogen) atoms. The van der Waals surface area contributed by atoms with Crippen molar-refractivity contribution < 1.29 is 9.50 Å². The highest BCUT2D eigenvalue weighted by Gasteiger charge is 2.19. The SMILES string of the molecule is CC(Nc1ccccc1CN1CCC(CO)CC1)c1cncc(F)c1. The van der Waals surface area contributed by atoms with Crippen molar-refractivity contribution in [2.45, 2.75) is 32.4 Å². The summed E-state index contributed by atoms with van der Waals surface area (Å²) < 4.78 is 13.4. The summed E-state index contributed by atoms with van der Waals surface area (Å²) in [6, 6.07) is 9.77. The van der Waals surface area contributed by atoms with E-state index in [0.717, 1.165) is 43.7 Å². The first-order valence-electron chi connectivity index (χ1n) is 8.94. The van der Waals surface area contributed by atoms with Crippen molar-refractivity contribution in [3.8, 4) is 0 Å². The Kier molecular flexibility index (Phi) is 6.00. The number of piperidine rings is 1. The van der Waals surface area contributed by atoms with Crippen LogP contribution in [0.1, 0.15) is 36.9 Å². The van der Waals surface area contributed by atoms with Gasteiger partial charge in [-0.2, -0.15) is 0 Å². The van der Waals surface area contributed by atoms with Gasteiger partial charge in [0.25, 0.3) is 0 Å². The van der Waals surface area contributed by atoms with Gasteiger partial charge >= 0.3 is 0 Å². The summed E-state index contributed by atoms with van der Waals surface area (Å²) in [6.07, 6.45) is 5.03. The van der Waals surface area contributed by atoms with Crippen molar-refractivity contribution in [3.05, 3.63) is 59.7 Å². The molecule has 3 rings (SSSR count). The zero-order valence-corrected chi connectivity index (χ0v) is 14.7. The molecule has 4 nitrogen and oxygen atoms in total. The zero-order chi connectivity index (χ0) is 17.6. The fourth-order valence-corrected chi connectivity index (χ4v) is 3.35. The van der Waals surface area contributed by atoms with E-state index < -0.39 is 0 Å². The number of benzene rings is 1. The Morgan fingerprint density at radius 3 is 2.76 bits per heavy atom. The van der Waals surface area contributed by atoms with Gasteiger partial charge in [0, 0.05) is 25.0 Å². The second kappa shape index (κ2) is 8.41. The Labute approximate surface area is 148 Å². The van der Waals surface area contributed by atoms with Crippen molar-refractivity contribution in [1.29, 1.82) is 0 Å². The number of hydrogen-bond acceptors (Lipinski definition) is 4. The van der Waals surface area contributed by atoms with Gasteiger partial charge in [-0.25, -0.2) is 4.39 Å².